The number of likely N-dealkylation sites (tertiary alicyclic amines) is 1. The van der Waals surface area contributed by atoms with Crippen LogP contribution in [0.1, 0.15) is 47.8 Å². The van der Waals surface area contributed by atoms with Crippen molar-refractivity contribution >= 4 is 11.7 Å². The number of carbonyl (C=O) groups excluding carboxylic acids is 1. The molecule has 1 amide bonds. The van der Waals surface area contributed by atoms with Crippen molar-refractivity contribution in [1.29, 1.82) is 0 Å². The lowest BCUT2D eigenvalue weighted by molar-refractivity contribution is 0.0705. The molecule has 0 spiro atoms. The number of hydrogen-bond donors (Lipinski definition) is 1. The van der Waals surface area contributed by atoms with Gasteiger partial charge in [0.15, 0.2) is 0 Å². The molecule has 5 rings (SSSR count). The van der Waals surface area contributed by atoms with Gasteiger partial charge in [-0.3, -0.25) is 9.78 Å². The Kier molecular flexibility index (Phi) is 5.81. The van der Waals surface area contributed by atoms with Gasteiger partial charge in [-0.25, -0.2) is 0 Å². The monoisotopic (exact) mass is 445 g/mol. The van der Waals surface area contributed by atoms with E-state index < -0.39 is 0 Å². The molecule has 8 nitrogen and oxygen atoms in total. The smallest absolute Gasteiger partial charge is 0.272 e. The first-order chi connectivity index (χ1) is 16.1. The molecule has 170 valence electrons. The van der Waals surface area contributed by atoms with E-state index in [4.69, 9.17) is 15.2 Å². The van der Waals surface area contributed by atoms with Gasteiger partial charge in [0.1, 0.15) is 23.0 Å². The summed E-state index contributed by atoms with van der Waals surface area (Å²) >= 11 is 0. The van der Waals surface area contributed by atoms with Gasteiger partial charge in [-0.15, -0.1) is 5.10 Å². The third-order valence-corrected chi connectivity index (χ3v) is 6.20. The number of carbonyl (C=O) groups is 1. The van der Waals surface area contributed by atoms with Gasteiger partial charge in [-0.2, -0.15) is 5.10 Å². The molecule has 1 saturated carbocycles. The maximum Gasteiger partial charge on any atom is 0.272 e. The Morgan fingerprint density at radius 3 is 2.42 bits per heavy atom. The van der Waals surface area contributed by atoms with Crippen molar-refractivity contribution in [3.8, 4) is 22.6 Å². The summed E-state index contributed by atoms with van der Waals surface area (Å²) in [6.07, 6.45) is 5.98. The van der Waals surface area contributed by atoms with Crippen LogP contribution in [0.2, 0.25) is 0 Å². The Balaban J connectivity index is 1.26. The van der Waals surface area contributed by atoms with Crippen LogP contribution in [0.3, 0.4) is 0 Å². The van der Waals surface area contributed by atoms with E-state index in [9.17, 15) is 4.79 Å². The number of amides is 1. The van der Waals surface area contributed by atoms with Gasteiger partial charge in [0.25, 0.3) is 5.91 Å². The van der Waals surface area contributed by atoms with E-state index in [1.807, 2.05) is 35.2 Å². The Bertz CT molecular complexity index is 1120. The Morgan fingerprint density at radius 1 is 1.03 bits per heavy atom. The van der Waals surface area contributed by atoms with Gasteiger partial charge in [0, 0.05) is 36.8 Å². The van der Waals surface area contributed by atoms with E-state index in [0.29, 0.717) is 36.5 Å². The van der Waals surface area contributed by atoms with Gasteiger partial charge in [-0.1, -0.05) is 12.1 Å². The van der Waals surface area contributed by atoms with E-state index in [1.165, 1.54) is 0 Å². The molecule has 1 saturated heterocycles. The van der Waals surface area contributed by atoms with Crippen molar-refractivity contribution in [3.63, 3.8) is 0 Å². The predicted molar refractivity (Wildman–Crippen MR) is 124 cm³/mol. The normalized spacial score (nSPS) is 16.5. The second kappa shape index (κ2) is 9.05. The van der Waals surface area contributed by atoms with Crippen LogP contribution in [0, 0.1) is 0 Å². The van der Waals surface area contributed by atoms with Crippen LogP contribution in [0.5, 0.6) is 11.5 Å². The van der Waals surface area contributed by atoms with Crippen LogP contribution in [0.15, 0.2) is 48.7 Å². The number of nitrogens with zero attached hydrogens (tertiary/aromatic N) is 4. The summed E-state index contributed by atoms with van der Waals surface area (Å²) in [5.74, 6) is 2.09. The van der Waals surface area contributed by atoms with Crippen LogP contribution in [-0.2, 0) is 0 Å². The zero-order valence-electron chi connectivity index (χ0n) is 18.6. The molecule has 2 aromatic heterocycles. The van der Waals surface area contributed by atoms with Crippen molar-refractivity contribution < 1.29 is 14.3 Å². The molecule has 2 aliphatic rings. The average molecular weight is 446 g/mol. The maximum atomic E-state index is 13.1. The Hall–Kier alpha value is -3.68. The first kappa shape index (κ1) is 21.2. The molecule has 1 aliphatic carbocycles. The number of pyridine rings is 1. The lowest BCUT2D eigenvalue weighted by Gasteiger charge is -2.31. The molecule has 0 unspecified atom stereocenters. The zero-order chi connectivity index (χ0) is 22.8. The van der Waals surface area contributed by atoms with Crippen LogP contribution in [0.25, 0.3) is 11.1 Å². The molecule has 0 radical (unpaired) electrons. The highest BCUT2D eigenvalue weighted by atomic mass is 16.5. The minimum Gasteiger partial charge on any atom is -0.496 e. The first-order valence-corrected chi connectivity index (χ1v) is 11.3. The van der Waals surface area contributed by atoms with Crippen molar-refractivity contribution in [3.05, 3.63) is 60.0 Å². The van der Waals surface area contributed by atoms with E-state index >= 15 is 0 Å². The largest absolute Gasteiger partial charge is 0.496 e. The lowest BCUT2D eigenvalue weighted by Crippen LogP contribution is -2.38. The molecule has 2 N–H and O–H groups in total. The Morgan fingerprint density at radius 2 is 1.79 bits per heavy atom. The summed E-state index contributed by atoms with van der Waals surface area (Å²) in [7, 11) is 1.61. The van der Waals surface area contributed by atoms with E-state index in [-0.39, 0.29) is 11.8 Å². The van der Waals surface area contributed by atoms with Crippen LogP contribution in [-0.4, -0.2) is 52.3 Å². The van der Waals surface area contributed by atoms with Crippen LogP contribution >= 0.6 is 0 Å². The molecule has 3 aromatic rings. The third kappa shape index (κ3) is 4.74. The zero-order valence-corrected chi connectivity index (χ0v) is 18.6. The molecule has 8 heteroatoms. The molecule has 1 aliphatic heterocycles. The number of nitrogens with two attached hydrogens (primary N) is 1. The van der Waals surface area contributed by atoms with Gasteiger partial charge < -0.3 is 20.1 Å². The molecule has 3 heterocycles. The molecular weight excluding hydrogens is 418 g/mol. The van der Waals surface area contributed by atoms with Crippen molar-refractivity contribution in [2.24, 2.45) is 0 Å². The third-order valence-electron chi connectivity index (χ3n) is 6.20. The topological polar surface area (TPSA) is 103 Å². The summed E-state index contributed by atoms with van der Waals surface area (Å²) in [6.45, 7) is 1.29. The fourth-order valence-corrected chi connectivity index (χ4v) is 4.14. The van der Waals surface area contributed by atoms with E-state index in [1.54, 1.807) is 25.4 Å². The number of methoxy groups -OCH3 is 1. The number of benzene rings is 1. The fourth-order valence-electron chi connectivity index (χ4n) is 4.14. The quantitative estimate of drug-likeness (QED) is 0.617. The number of anilines is 1. The van der Waals surface area contributed by atoms with Crippen LogP contribution < -0.4 is 15.2 Å². The van der Waals surface area contributed by atoms with Crippen LogP contribution in [0.4, 0.5) is 5.82 Å². The van der Waals surface area contributed by atoms with Gasteiger partial charge in [0.05, 0.1) is 18.9 Å². The van der Waals surface area contributed by atoms with E-state index in [2.05, 4.69) is 15.2 Å². The van der Waals surface area contributed by atoms with Gasteiger partial charge >= 0.3 is 0 Å². The van der Waals surface area contributed by atoms with Crippen molar-refractivity contribution in [1.82, 2.24) is 20.1 Å². The minimum absolute atomic E-state index is 0.0881. The predicted octanol–water partition coefficient (Wildman–Crippen LogP) is 3.69. The summed E-state index contributed by atoms with van der Waals surface area (Å²) < 4.78 is 11.4. The summed E-state index contributed by atoms with van der Waals surface area (Å²) in [4.78, 5) is 19.4. The lowest BCUT2D eigenvalue weighted by atomic mass is 9.93. The number of piperidine rings is 1. The number of hydrogen-bond acceptors (Lipinski definition) is 7. The number of nitrogen functional groups attached to an aromatic ring is 1. The molecule has 1 aromatic carbocycles. The summed E-state index contributed by atoms with van der Waals surface area (Å²) in [6, 6.07) is 13.3. The summed E-state index contributed by atoms with van der Waals surface area (Å²) in [5.41, 5.74) is 8.74. The minimum atomic E-state index is -0.0881. The second-order valence-corrected chi connectivity index (χ2v) is 8.56. The highest BCUT2D eigenvalue weighted by Gasteiger charge is 2.27. The van der Waals surface area contributed by atoms with E-state index in [0.717, 1.165) is 48.3 Å². The highest BCUT2D eigenvalue weighted by Crippen LogP contribution is 2.33. The van der Waals surface area contributed by atoms with Gasteiger partial charge in [-0.05, 0) is 55.5 Å². The number of rotatable bonds is 6. The van der Waals surface area contributed by atoms with Crippen molar-refractivity contribution in [2.45, 2.75) is 37.7 Å². The fraction of sp³-hybridized carbons (Fsp3) is 0.360. The Labute approximate surface area is 192 Å². The molecule has 0 bridgehead atoms. The second-order valence-electron chi connectivity index (χ2n) is 8.56. The molecular formula is C25H27N5O3. The van der Waals surface area contributed by atoms with Crippen molar-refractivity contribution in [2.75, 3.05) is 25.9 Å². The molecule has 0 atom stereocenters. The summed E-state index contributed by atoms with van der Waals surface area (Å²) in [5, 5.41) is 8.14. The maximum absolute atomic E-state index is 13.1. The molecule has 2 fully saturated rings. The molecule has 33 heavy (non-hydrogen) atoms. The first-order valence-electron chi connectivity index (χ1n) is 11.3. The van der Waals surface area contributed by atoms with Gasteiger partial charge in [0.2, 0.25) is 0 Å². The standard InChI is InChI=1S/C25H27N5O3/c1-32-23-14-22(27-15-20(23)16-2-4-18(5-3-16)33-19-6-7-19)25(31)30-12-10-17(11-13-30)21-8-9-24(26)29-28-21/h2-5,8-9,14-15,17,19H,6-7,10-13H2,1H3,(H2,26,29). The highest BCUT2D eigenvalue weighted by molar-refractivity contribution is 5.93. The SMILES string of the molecule is COc1cc(C(=O)N2CCC(c3ccc(N)nn3)CC2)ncc1-c1ccc(OC2CC2)cc1. The average Bonchev–Trinajstić information content (AvgIpc) is 3.68. The number of ether oxygens (including phenoxy) is 2. The number of aromatic nitrogens is 3.